The van der Waals surface area contributed by atoms with Crippen LogP contribution in [0, 0.1) is 0 Å². The van der Waals surface area contributed by atoms with Crippen LogP contribution in [0.2, 0.25) is 0 Å². The van der Waals surface area contributed by atoms with Crippen molar-refractivity contribution in [3.05, 3.63) is 113 Å². The summed E-state index contributed by atoms with van der Waals surface area (Å²) < 4.78 is 12.5. The molecule has 170 valence electrons. The van der Waals surface area contributed by atoms with E-state index < -0.39 is 22.2 Å². The molecule has 34 heavy (non-hydrogen) atoms. The van der Waals surface area contributed by atoms with Crippen molar-refractivity contribution in [2.45, 2.75) is 13.1 Å². The Morgan fingerprint density at radius 3 is 1.09 bits per heavy atom. The van der Waals surface area contributed by atoms with E-state index in [0.717, 1.165) is 20.3 Å². The molecule has 0 saturated heterocycles. The second kappa shape index (κ2) is 8.15. The molecular formula is C26H20N2O6. The summed E-state index contributed by atoms with van der Waals surface area (Å²) in [6, 6.07) is 16.8. The van der Waals surface area contributed by atoms with Crippen molar-refractivity contribution in [3.63, 3.8) is 0 Å². The summed E-state index contributed by atoms with van der Waals surface area (Å²) in [6.07, 6.45) is 0. The second-order valence-corrected chi connectivity index (χ2v) is 8.03. The third-order valence-electron chi connectivity index (χ3n) is 6.06. The van der Waals surface area contributed by atoms with Gasteiger partial charge in [-0.05, 0) is 47.5 Å². The van der Waals surface area contributed by atoms with E-state index in [-0.39, 0.29) is 34.6 Å². The van der Waals surface area contributed by atoms with Crippen LogP contribution in [0.25, 0.3) is 21.5 Å². The molecule has 0 atom stereocenters. The van der Waals surface area contributed by atoms with Crippen LogP contribution < -0.4 is 31.7 Å². The topological polar surface area (TPSA) is 96.6 Å². The molecule has 0 aliphatic carbocycles. The number of benzene rings is 3. The fraction of sp³-hybridized carbons (Fsp3) is 0.154. The zero-order valence-electron chi connectivity index (χ0n) is 18.5. The molecule has 2 heterocycles. The number of methoxy groups -OCH3 is 2. The van der Waals surface area contributed by atoms with E-state index in [1.807, 2.05) is 0 Å². The van der Waals surface area contributed by atoms with E-state index in [1.165, 1.54) is 12.1 Å². The Balaban J connectivity index is 1.59. The van der Waals surface area contributed by atoms with Crippen LogP contribution in [0.1, 0.15) is 11.1 Å². The van der Waals surface area contributed by atoms with Gasteiger partial charge in [0.2, 0.25) is 0 Å². The van der Waals surface area contributed by atoms with E-state index in [9.17, 15) is 19.2 Å². The molecule has 5 aromatic rings. The number of rotatable bonds is 6. The second-order valence-electron chi connectivity index (χ2n) is 8.03. The van der Waals surface area contributed by atoms with Crippen molar-refractivity contribution < 1.29 is 9.47 Å². The highest BCUT2D eigenvalue weighted by atomic mass is 16.5. The lowest BCUT2D eigenvalue weighted by molar-refractivity contribution is 0.414. The van der Waals surface area contributed by atoms with Gasteiger partial charge in [-0.15, -0.1) is 0 Å². The first-order valence-electron chi connectivity index (χ1n) is 10.6. The van der Waals surface area contributed by atoms with Crippen LogP contribution in [0.3, 0.4) is 0 Å². The van der Waals surface area contributed by atoms with Gasteiger partial charge in [0, 0.05) is 0 Å². The molecule has 0 bridgehead atoms. The Bertz CT molecular complexity index is 1530. The standard InChI is InChI=1S/C26H20N2O6/c1-33-17-7-3-15(4-8-17)13-27-23(29)19-11-21-22(12-20(19)24(27)30)26(32)28(25(21)31)14-16-5-9-18(34-2)10-6-16/h3-12H,13-14H2,1-2H3. The maximum absolute atomic E-state index is 13.0. The SMILES string of the molecule is COc1ccc(Cn2c(=O)c3cc4c(=O)n(Cc5ccc(OC)cc5)c(=O)c4cc3c2=O)cc1. The van der Waals surface area contributed by atoms with E-state index in [1.54, 1.807) is 62.8 Å². The van der Waals surface area contributed by atoms with Gasteiger partial charge in [-0.1, -0.05) is 24.3 Å². The lowest BCUT2D eigenvalue weighted by Crippen LogP contribution is -2.26. The van der Waals surface area contributed by atoms with E-state index in [0.29, 0.717) is 11.5 Å². The number of ether oxygens (including phenoxy) is 2. The Labute approximate surface area is 192 Å². The first-order chi connectivity index (χ1) is 16.4. The molecule has 8 heteroatoms. The first-order valence-corrected chi connectivity index (χ1v) is 10.6. The van der Waals surface area contributed by atoms with Crippen LogP contribution in [-0.2, 0) is 13.1 Å². The fourth-order valence-corrected chi connectivity index (χ4v) is 4.19. The minimum Gasteiger partial charge on any atom is -0.497 e. The van der Waals surface area contributed by atoms with Gasteiger partial charge in [-0.2, -0.15) is 0 Å². The summed E-state index contributed by atoms with van der Waals surface area (Å²) in [5.41, 5.74) is -0.471. The Morgan fingerprint density at radius 1 is 0.529 bits per heavy atom. The molecular weight excluding hydrogens is 436 g/mol. The van der Waals surface area contributed by atoms with Gasteiger partial charge in [0.1, 0.15) is 11.5 Å². The van der Waals surface area contributed by atoms with Crippen LogP contribution in [0.5, 0.6) is 11.5 Å². The number of hydrogen-bond donors (Lipinski definition) is 0. The molecule has 2 aromatic heterocycles. The van der Waals surface area contributed by atoms with Crippen LogP contribution >= 0.6 is 0 Å². The minimum atomic E-state index is -0.493. The highest BCUT2D eigenvalue weighted by Crippen LogP contribution is 2.17. The van der Waals surface area contributed by atoms with Crippen LogP contribution in [0.4, 0.5) is 0 Å². The quantitative estimate of drug-likeness (QED) is 0.388. The van der Waals surface area contributed by atoms with Crippen molar-refractivity contribution >= 4 is 21.5 Å². The maximum atomic E-state index is 13.0. The molecule has 8 nitrogen and oxygen atoms in total. The van der Waals surface area contributed by atoms with Crippen LogP contribution in [0.15, 0.2) is 79.8 Å². The number of nitrogens with zero attached hydrogens (tertiary/aromatic N) is 2. The Morgan fingerprint density at radius 2 is 0.824 bits per heavy atom. The molecule has 0 radical (unpaired) electrons. The lowest BCUT2D eigenvalue weighted by atomic mass is 10.1. The third-order valence-corrected chi connectivity index (χ3v) is 6.06. The normalized spacial score (nSPS) is 11.4. The fourth-order valence-electron chi connectivity index (χ4n) is 4.19. The summed E-state index contributed by atoms with van der Waals surface area (Å²) in [5, 5.41) is 0.517. The largest absolute Gasteiger partial charge is 0.497 e. The number of aromatic nitrogens is 2. The van der Waals surface area contributed by atoms with E-state index in [2.05, 4.69) is 0 Å². The van der Waals surface area contributed by atoms with Gasteiger partial charge in [0.25, 0.3) is 22.2 Å². The number of fused-ring (bicyclic) bond motifs is 2. The molecule has 0 aliphatic heterocycles. The summed E-state index contributed by atoms with van der Waals surface area (Å²) in [5.74, 6) is 1.33. The van der Waals surface area contributed by atoms with E-state index >= 15 is 0 Å². The monoisotopic (exact) mass is 456 g/mol. The molecule has 0 amide bonds. The highest BCUT2D eigenvalue weighted by Gasteiger charge is 2.19. The third kappa shape index (κ3) is 3.40. The number of hydrogen-bond acceptors (Lipinski definition) is 6. The molecule has 0 unspecified atom stereocenters. The van der Waals surface area contributed by atoms with Gasteiger partial charge in [-0.25, -0.2) is 0 Å². The molecule has 0 N–H and O–H groups in total. The van der Waals surface area contributed by atoms with Gasteiger partial charge in [0.05, 0.1) is 48.9 Å². The molecule has 0 spiro atoms. The predicted molar refractivity (Wildman–Crippen MR) is 129 cm³/mol. The molecule has 3 aromatic carbocycles. The molecule has 0 saturated carbocycles. The van der Waals surface area contributed by atoms with Crippen molar-refractivity contribution in [2.24, 2.45) is 0 Å². The van der Waals surface area contributed by atoms with Gasteiger partial charge in [-0.3, -0.25) is 28.3 Å². The minimum absolute atomic E-state index is 0.0759. The van der Waals surface area contributed by atoms with Crippen molar-refractivity contribution in [1.82, 2.24) is 9.13 Å². The van der Waals surface area contributed by atoms with E-state index in [4.69, 9.17) is 9.47 Å². The summed E-state index contributed by atoms with van der Waals surface area (Å²) in [7, 11) is 3.11. The highest BCUT2D eigenvalue weighted by molar-refractivity contribution is 5.97. The predicted octanol–water partition coefficient (Wildman–Crippen LogP) is 2.03. The maximum Gasteiger partial charge on any atom is 0.261 e. The summed E-state index contributed by atoms with van der Waals surface area (Å²) in [4.78, 5) is 52.1. The lowest BCUT2D eigenvalue weighted by Gasteiger charge is -2.03. The summed E-state index contributed by atoms with van der Waals surface area (Å²) in [6.45, 7) is 0.152. The zero-order valence-corrected chi connectivity index (χ0v) is 18.5. The average molecular weight is 456 g/mol. The van der Waals surface area contributed by atoms with Gasteiger partial charge < -0.3 is 9.47 Å². The first kappa shape index (κ1) is 21.4. The molecule has 0 aliphatic rings. The molecule has 5 rings (SSSR count). The smallest absolute Gasteiger partial charge is 0.261 e. The zero-order chi connectivity index (χ0) is 24.0. The van der Waals surface area contributed by atoms with Crippen molar-refractivity contribution in [3.8, 4) is 11.5 Å². The van der Waals surface area contributed by atoms with Crippen molar-refractivity contribution in [1.29, 1.82) is 0 Å². The molecule has 0 fully saturated rings. The summed E-state index contributed by atoms with van der Waals surface area (Å²) >= 11 is 0. The van der Waals surface area contributed by atoms with Crippen molar-refractivity contribution in [2.75, 3.05) is 14.2 Å². The Hall–Kier alpha value is -4.46. The average Bonchev–Trinajstić information content (AvgIpc) is 3.24. The van der Waals surface area contributed by atoms with Crippen LogP contribution in [-0.4, -0.2) is 23.4 Å². The van der Waals surface area contributed by atoms with Gasteiger partial charge >= 0.3 is 0 Å². The Kier molecular flexibility index (Phi) is 5.13. The van der Waals surface area contributed by atoms with Gasteiger partial charge in [0.15, 0.2) is 0 Å².